The molecule has 5 rings (SSSR count). The molecule has 1 heterocycles. The third-order valence-electron chi connectivity index (χ3n) is 6.08. The zero-order chi connectivity index (χ0) is 22.8. The van der Waals surface area contributed by atoms with E-state index in [0.29, 0.717) is 5.69 Å². The summed E-state index contributed by atoms with van der Waals surface area (Å²) < 4.78 is 10.1. The molecule has 166 valence electrons. The van der Waals surface area contributed by atoms with Crippen LogP contribution < -0.4 is 5.32 Å². The molecule has 1 aromatic heterocycles. The van der Waals surface area contributed by atoms with E-state index in [2.05, 4.69) is 58.2 Å². The van der Waals surface area contributed by atoms with Crippen molar-refractivity contribution in [3.05, 3.63) is 95.7 Å². The maximum Gasteiger partial charge on any atom is 0.412 e. The minimum atomic E-state index is -0.483. The van der Waals surface area contributed by atoms with Crippen LogP contribution in [0.15, 0.2) is 78.9 Å². The number of aryl methyl sites for hydroxylation is 1. The average molecular weight is 455 g/mol. The van der Waals surface area contributed by atoms with Crippen molar-refractivity contribution in [2.24, 2.45) is 0 Å². The molecule has 0 bridgehead atoms. The highest BCUT2D eigenvalue weighted by molar-refractivity contribution is 7.10. The molecule has 0 aliphatic heterocycles. The van der Waals surface area contributed by atoms with E-state index < -0.39 is 6.09 Å². The lowest BCUT2D eigenvalue weighted by atomic mass is 10.0. The molecule has 1 fully saturated rings. The van der Waals surface area contributed by atoms with Crippen LogP contribution in [-0.2, 0) is 4.74 Å². The van der Waals surface area contributed by atoms with Gasteiger partial charge in [0, 0.05) is 0 Å². The van der Waals surface area contributed by atoms with Crippen LogP contribution in [-0.4, -0.2) is 10.5 Å². The van der Waals surface area contributed by atoms with Crippen molar-refractivity contribution in [1.82, 2.24) is 4.37 Å². The second-order valence-electron chi connectivity index (χ2n) is 8.53. The van der Waals surface area contributed by atoms with Gasteiger partial charge in [-0.05, 0) is 72.0 Å². The van der Waals surface area contributed by atoms with Gasteiger partial charge in [0.1, 0.15) is 6.10 Å². The number of rotatable bonds is 6. The molecule has 1 N–H and O–H groups in total. The van der Waals surface area contributed by atoms with Crippen LogP contribution in [0.25, 0.3) is 21.6 Å². The summed E-state index contributed by atoms with van der Waals surface area (Å²) in [5, 5.41) is 2.91. The molecule has 33 heavy (non-hydrogen) atoms. The van der Waals surface area contributed by atoms with E-state index in [4.69, 9.17) is 4.74 Å². The lowest BCUT2D eigenvalue weighted by Crippen LogP contribution is -2.16. The molecular weight excluding hydrogens is 428 g/mol. The highest BCUT2D eigenvalue weighted by Crippen LogP contribution is 2.41. The topological polar surface area (TPSA) is 51.2 Å². The first-order valence-corrected chi connectivity index (χ1v) is 12.1. The number of nitrogens with one attached hydrogen (secondary N) is 1. The first-order chi connectivity index (χ1) is 16.1. The van der Waals surface area contributed by atoms with Crippen molar-refractivity contribution in [1.29, 1.82) is 0 Å². The van der Waals surface area contributed by atoms with Gasteiger partial charge in [0.15, 0.2) is 0 Å². The number of carbonyl (C=O) groups is 1. The molecule has 1 saturated carbocycles. The summed E-state index contributed by atoms with van der Waals surface area (Å²) in [6, 6.07) is 27.0. The molecule has 1 atom stereocenters. The van der Waals surface area contributed by atoms with Gasteiger partial charge in [-0.2, -0.15) is 4.37 Å². The number of benzene rings is 3. The summed E-state index contributed by atoms with van der Waals surface area (Å²) >= 11 is 1.38. The van der Waals surface area contributed by atoms with Crippen LogP contribution in [0.2, 0.25) is 0 Å². The Labute approximate surface area is 198 Å². The van der Waals surface area contributed by atoms with Crippen molar-refractivity contribution in [2.45, 2.75) is 38.7 Å². The summed E-state index contributed by atoms with van der Waals surface area (Å²) in [4.78, 5) is 13.5. The highest BCUT2D eigenvalue weighted by atomic mass is 32.1. The predicted molar refractivity (Wildman–Crippen MR) is 135 cm³/mol. The molecule has 1 aliphatic carbocycles. The lowest BCUT2D eigenvalue weighted by Gasteiger charge is -2.14. The Kier molecular flexibility index (Phi) is 5.97. The predicted octanol–water partition coefficient (Wildman–Crippen LogP) is 7.97. The molecule has 1 aliphatic rings. The minimum absolute atomic E-state index is 0.341. The number of nitrogens with zero attached hydrogens (tertiary/aromatic N) is 1. The van der Waals surface area contributed by atoms with Gasteiger partial charge in [0.2, 0.25) is 0 Å². The summed E-state index contributed by atoms with van der Waals surface area (Å²) in [7, 11) is 0. The van der Waals surface area contributed by atoms with Gasteiger partial charge in [-0.1, -0.05) is 78.9 Å². The molecule has 0 spiro atoms. The molecule has 3 aromatic carbocycles. The molecule has 0 radical (unpaired) electrons. The van der Waals surface area contributed by atoms with Crippen LogP contribution in [0, 0.1) is 6.92 Å². The molecule has 1 amide bonds. The van der Waals surface area contributed by atoms with E-state index in [9.17, 15) is 4.79 Å². The molecule has 4 aromatic rings. The van der Waals surface area contributed by atoms with Crippen LogP contribution in [0.3, 0.4) is 0 Å². The monoisotopic (exact) mass is 454 g/mol. The highest BCUT2D eigenvalue weighted by Gasteiger charge is 2.23. The normalized spacial score (nSPS) is 14.0. The number of carbonyl (C=O) groups excluding carboxylic acids is 1. The van der Waals surface area contributed by atoms with Crippen LogP contribution >= 0.6 is 11.5 Å². The molecule has 5 heteroatoms. The maximum atomic E-state index is 12.6. The minimum Gasteiger partial charge on any atom is -0.441 e. The van der Waals surface area contributed by atoms with Crippen LogP contribution in [0.5, 0.6) is 0 Å². The fourth-order valence-corrected chi connectivity index (χ4v) is 4.83. The third kappa shape index (κ3) is 4.83. The summed E-state index contributed by atoms with van der Waals surface area (Å²) in [5.74, 6) is 0.768. The number of aromatic nitrogens is 1. The van der Waals surface area contributed by atoms with Crippen molar-refractivity contribution in [3.8, 4) is 21.6 Å². The number of anilines is 1. The standard InChI is InChI=1S/C28H26N2O2S/c1-18-26(29-28(31)32-19(2)20-6-4-3-5-7-20)27(33-30-18)25-16-14-24(15-17-25)23-12-10-22(11-13-23)21-8-9-21/h3-7,10-17,19,21H,8-9H2,1-2H3,(H,29,31)/t19-/m0/s1. The first-order valence-electron chi connectivity index (χ1n) is 11.3. The van der Waals surface area contributed by atoms with E-state index in [1.165, 1.54) is 41.1 Å². The second-order valence-corrected chi connectivity index (χ2v) is 9.30. The molecule has 0 saturated heterocycles. The Morgan fingerprint density at radius 2 is 1.55 bits per heavy atom. The smallest absolute Gasteiger partial charge is 0.412 e. The van der Waals surface area contributed by atoms with E-state index in [0.717, 1.165) is 27.6 Å². The van der Waals surface area contributed by atoms with Gasteiger partial charge in [-0.3, -0.25) is 5.32 Å². The summed E-state index contributed by atoms with van der Waals surface area (Å²) in [6.45, 7) is 3.76. The Morgan fingerprint density at radius 1 is 0.939 bits per heavy atom. The largest absolute Gasteiger partial charge is 0.441 e. The van der Waals surface area contributed by atoms with Crippen molar-refractivity contribution < 1.29 is 9.53 Å². The maximum absolute atomic E-state index is 12.6. The van der Waals surface area contributed by atoms with Crippen LogP contribution in [0.1, 0.15) is 48.6 Å². The molecule has 0 unspecified atom stereocenters. The zero-order valence-corrected chi connectivity index (χ0v) is 19.6. The van der Waals surface area contributed by atoms with Crippen molar-refractivity contribution in [3.63, 3.8) is 0 Å². The Bertz CT molecular complexity index is 1240. The van der Waals surface area contributed by atoms with Gasteiger partial charge in [0.25, 0.3) is 0 Å². The number of hydrogen-bond donors (Lipinski definition) is 1. The zero-order valence-electron chi connectivity index (χ0n) is 18.7. The van der Waals surface area contributed by atoms with Gasteiger partial charge in [0.05, 0.1) is 16.3 Å². The number of amides is 1. The van der Waals surface area contributed by atoms with Crippen molar-refractivity contribution in [2.75, 3.05) is 5.32 Å². The Morgan fingerprint density at radius 3 is 2.18 bits per heavy atom. The van der Waals surface area contributed by atoms with Crippen molar-refractivity contribution >= 4 is 23.3 Å². The molecular formula is C28H26N2O2S. The van der Waals surface area contributed by atoms with E-state index in [1.807, 2.05) is 44.2 Å². The Hall–Kier alpha value is -3.44. The van der Waals surface area contributed by atoms with Gasteiger partial charge < -0.3 is 4.74 Å². The van der Waals surface area contributed by atoms with E-state index in [-0.39, 0.29) is 6.10 Å². The molecule has 4 nitrogen and oxygen atoms in total. The first kappa shape index (κ1) is 21.4. The number of hydrogen-bond acceptors (Lipinski definition) is 4. The quantitative estimate of drug-likeness (QED) is 0.321. The fraction of sp³-hybridized carbons (Fsp3) is 0.214. The van der Waals surface area contributed by atoms with Gasteiger partial charge in [-0.25, -0.2) is 4.79 Å². The second kappa shape index (κ2) is 9.20. The van der Waals surface area contributed by atoms with Gasteiger partial charge in [-0.15, -0.1) is 0 Å². The number of ether oxygens (including phenoxy) is 1. The average Bonchev–Trinajstić information content (AvgIpc) is 3.64. The Balaban J connectivity index is 1.30. The van der Waals surface area contributed by atoms with E-state index in [1.54, 1.807) is 0 Å². The third-order valence-corrected chi connectivity index (χ3v) is 7.07. The van der Waals surface area contributed by atoms with Crippen LogP contribution in [0.4, 0.5) is 10.5 Å². The fourth-order valence-electron chi connectivity index (χ4n) is 3.98. The summed E-state index contributed by atoms with van der Waals surface area (Å²) in [5.41, 5.74) is 7.28. The lowest BCUT2D eigenvalue weighted by molar-refractivity contribution is 0.121. The SMILES string of the molecule is Cc1nsc(-c2ccc(-c3ccc(C4CC4)cc3)cc2)c1NC(=O)O[C@@H](C)c1ccccc1. The van der Waals surface area contributed by atoms with Gasteiger partial charge >= 0.3 is 6.09 Å². The summed E-state index contributed by atoms with van der Waals surface area (Å²) in [6.07, 6.45) is 1.81. The van der Waals surface area contributed by atoms with E-state index >= 15 is 0 Å².